The number of rotatable bonds is 2. The molecule has 0 aromatic carbocycles. The minimum Gasteiger partial charge on any atom is -0.481 e. The number of ether oxygens (including phenoxy) is 1. The Labute approximate surface area is 112 Å². The average Bonchev–Trinajstić information content (AvgIpc) is 3.00. The van der Waals surface area contributed by atoms with Crippen LogP contribution in [-0.2, 0) is 14.3 Å². The molecule has 4 atom stereocenters. The number of carboxylic acid groups (broad SMARTS) is 1. The van der Waals surface area contributed by atoms with Gasteiger partial charge in [0.15, 0.2) is 0 Å². The molecular weight excluding hydrogens is 246 g/mol. The highest BCUT2D eigenvalue weighted by atomic mass is 16.5. The highest BCUT2D eigenvalue weighted by Crippen LogP contribution is 2.40. The molecule has 3 fully saturated rings. The maximum Gasteiger partial charge on any atom is 0.311 e. The van der Waals surface area contributed by atoms with Crippen molar-refractivity contribution in [3.63, 3.8) is 0 Å². The molecule has 2 bridgehead atoms. The molecule has 0 radical (unpaired) electrons. The van der Waals surface area contributed by atoms with Crippen molar-refractivity contribution in [1.29, 1.82) is 0 Å². The Morgan fingerprint density at radius 3 is 2.74 bits per heavy atom. The van der Waals surface area contributed by atoms with E-state index in [0.717, 1.165) is 25.7 Å². The fraction of sp³-hybridized carbons (Fsp3) is 0.857. The standard InChI is InChI=1S/C14H21NO4/c1-14(13(17)18)5-2-6-15(8-14)12(16)10-7-9-3-4-11(10)19-9/h9-11H,2-8H2,1H3,(H,17,18). The molecule has 3 heterocycles. The highest BCUT2D eigenvalue weighted by Gasteiger charge is 2.48. The summed E-state index contributed by atoms with van der Waals surface area (Å²) >= 11 is 0. The molecule has 0 aliphatic carbocycles. The fourth-order valence-corrected chi connectivity index (χ4v) is 3.73. The average molecular weight is 267 g/mol. The Kier molecular flexibility index (Phi) is 3.04. The van der Waals surface area contributed by atoms with Crippen LogP contribution >= 0.6 is 0 Å². The van der Waals surface area contributed by atoms with E-state index >= 15 is 0 Å². The highest BCUT2D eigenvalue weighted by molar-refractivity contribution is 5.82. The Bertz CT molecular complexity index is 410. The van der Waals surface area contributed by atoms with Crippen molar-refractivity contribution in [2.45, 2.75) is 51.2 Å². The number of aliphatic carboxylic acids is 1. The zero-order chi connectivity index (χ0) is 13.6. The summed E-state index contributed by atoms with van der Waals surface area (Å²) in [5, 5.41) is 9.30. The first-order valence-corrected chi connectivity index (χ1v) is 7.17. The third-order valence-electron chi connectivity index (χ3n) is 4.95. The molecule has 19 heavy (non-hydrogen) atoms. The molecule has 0 saturated carbocycles. The second-order valence-electron chi connectivity index (χ2n) is 6.45. The third-order valence-corrected chi connectivity index (χ3v) is 4.95. The van der Waals surface area contributed by atoms with Crippen molar-refractivity contribution < 1.29 is 19.4 Å². The second kappa shape index (κ2) is 4.47. The minimum atomic E-state index is -0.797. The molecule has 3 aliphatic rings. The molecule has 5 heteroatoms. The number of fused-ring (bicyclic) bond motifs is 2. The Morgan fingerprint density at radius 2 is 2.16 bits per heavy atom. The number of hydrogen-bond donors (Lipinski definition) is 1. The number of nitrogens with zero attached hydrogens (tertiary/aromatic N) is 1. The van der Waals surface area contributed by atoms with Gasteiger partial charge in [0.05, 0.1) is 23.5 Å². The van der Waals surface area contributed by atoms with E-state index < -0.39 is 11.4 Å². The van der Waals surface area contributed by atoms with E-state index in [1.807, 2.05) is 0 Å². The van der Waals surface area contributed by atoms with Gasteiger partial charge in [0.2, 0.25) is 5.91 Å². The molecule has 5 nitrogen and oxygen atoms in total. The molecule has 1 N–H and O–H groups in total. The normalized spacial score (nSPS) is 41.5. The Balaban J connectivity index is 1.68. The van der Waals surface area contributed by atoms with Gasteiger partial charge in [-0.25, -0.2) is 0 Å². The molecular formula is C14H21NO4. The van der Waals surface area contributed by atoms with Crippen LogP contribution in [0.4, 0.5) is 0 Å². The summed E-state index contributed by atoms with van der Waals surface area (Å²) in [7, 11) is 0. The lowest BCUT2D eigenvalue weighted by Crippen LogP contribution is -2.51. The van der Waals surface area contributed by atoms with Crippen LogP contribution in [0.25, 0.3) is 0 Å². The molecule has 0 aromatic rings. The summed E-state index contributed by atoms with van der Waals surface area (Å²) in [4.78, 5) is 25.6. The minimum absolute atomic E-state index is 0.0325. The van der Waals surface area contributed by atoms with Gasteiger partial charge >= 0.3 is 5.97 Å². The van der Waals surface area contributed by atoms with E-state index in [9.17, 15) is 14.7 Å². The van der Waals surface area contributed by atoms with Crippen LogP contribution in [0, 0.1) is 11.3 Å². The monoisotopic (exact) mass is 267 g/mol. The summed E-state index contributed by atoms with van der Waals surface area (Å²) < 4.78 is 5.73. The summed E-state index contributed by atoms with van der Waals surface area (Å²) in [5.74, 6) is -0.719. The lowest BCUT2D eigenvalue weighted by atomic mass is 9.80. The zero-order valence-electron chi connectivity index (χ0n) is 11.3. The van der Waals surface area contributed by atoms with Crippen molar-refractivity contribution in [3.05, 3.63) is 0 Å². The topological polar surface area (TPSA) is 66.8 Å². The third kappa shape index (κ3) is 2.14. The zero-order valence-corrected chi connectivity index (χ0v) is 11.3. The number of hydrogen-bond acceptors (Lipinski definition) is 3. The van der Waals surface area contributed by atoms with E-state index in [1.165, 1.54) is 0 Å². The maximum absolute atomic E-state index is 12.6. The number of amides is 1. The van der Waals surface area contributed by atoms with E-state index in [4.69, 9.17) is 4.74 Å². The maximum atomic E-state index is 12.6. The van der Waals surface area contributed by atoms with Gasteiger partial charge in [0, 0.05) is 13.1 Å². The summed E-state index contributed by atoms with van der Waals surface area (Å²) in [6, 6.07) is 0. The quantitative estimate of drug-likeness (QED) is 0.818. The summed E-state index contributed by atoms with van der Waals surface area (Å²) in [6.45, 7) is 2.77. The molecule has 3 rings (SSSR count). The first-order chi connectivity index (χ1) is 8.99. The van der Waals surface area contributed by atoms with Crippen LogP contribution in [0.1, 0.15) is 39.0 Å². The molecule has 1 amide bonds. The predicted octanol–water partition coefficient (Wildman–Crippen LogP) is 1.27. The molecule has 0 spiro atoms. The molecule has 106 valence electrons. The SMILES string of the molecule is CC1(C(=O)O)CCCN(C(=O)C2CC3CCC2O3)C1. The number of carbonyl (C=O) groups excluding carboxylic acids is 1. The van der Waals surface area contributed by atoms with Gasteiger partial charge in [-0.2, -0.15) is 0 Å². The van der Waals surface area contributed by atoms with Gasteiger partial charge in [-0.1, -0.05) is 0 Å². The van der Waals surface area contributed by atoms with Crippen molar-refractivity contribution in [2.75, 3.05) is 13.1 Å². The van der Waals surface area contributed by atoms with E-state index in [0.29, 0.717) is 19.5 Å². The van der Waals surface area contributed by atoms with Crippen molar-refractivity contribution in [2.24, 2.45) is 11.3 Å². The van der Waals surface area contributed by atoms with E-state index in [2.05, 4.69) is 0 Å². The van der Waals surface area contributed by atoms with Gasteiger partial charge in [-0.05, 0) is 39.0 Å². The second-order valence-corrected chi connectivity index (χ2v) is 6.45. The molecule has 0 aromatic heterocycles. The van der Waals surface area contributed by atoms with Gasteiger partial charge in [-0.3, -0.25) is 9.59 Å². The number of likely N-dealkylation sites (tertiary alicyclic amines) is 1. The predicted molar refractivity (Wildman–Crippen MR) is 67.6 cm³/mol. The molecule has 4 unspecified atom stereocenters. The van der Waals surface area contributed by atoms with Crippen LogP contribution in [0.2, 0.25) is 0 Å². The number of carboxylic acids is 1. The smallest absolute Gasteiger partial charge is 0.311 e. The summed E-state index contributed by atoms with van der Waals surface area (Å²) in [6.07, 6.45) is 4.64. The molecule has 3 saturated heterocycles. The Morgan fingerprint density at radius 1 is 1.37 bits per heavy atom. The van der Waals surface area contributed by atoms with Crippen molar-refractivity contribution in [1.82, 2.24) is 4.90 Å². The van der Waals surface area contributed by atoms with Gasteiger partial charge in [-0.15, -0.1) is 0 Å². The first-order valence-electron chi connectivity index (χ1n) is 7.17. The van der Waals surface area contributed by atoms with E-state index in [1.54, 1.807) is 11.8 Å². The van der Waals surface area contributed by atoms with Gasteiger partial charge < -0.3 is 14.7 Å². The number of carbonyl (C=O) groups is 2. The van der Waals surface area contributed by atoms with Crippen LogP contribution in [-0.4, -0.2) is 47.2 Å². The van der Waals surface area contributed by atoms with Gasteiger partial charge in [0.25, 0.3) is 0 Å². The lowest BCUT2D eigenvalue weighted by Gasteiger charge is -2.39. The van der Waals surface area contributed by atoms with Crippen molar-refractivity contribution >= 4 is 11.9 Å². The molecule has 3 aliphatic heterocycles. The van der Waals surface area contributed by atoms with Crippen LogP contribution in [0.3, 0.4) is 0 Å². The Hall–Kier alpha value is -1.10. The van der Waals surface area contributed by atoms with Crippen LogP contribution in [0.5, 0.6) is 0 Å². The number of piperidine rings is 1. The van der Waals surface area contributed by atoms with Crippen LogP contribution in [0.15, 0.2) is 0 Å². The first kappa shape index (κ1) is 12.9. The van der Waals surface area contributed by atoms with E-state index in [-0.39, 0.29) is 24.0 Å². The van der Waals surface area contributed by atoms with Crippen LogP contribution < -0.4 is 0 Å². The fourth-order valence-electron chi connectivity index (χ4n) is 3.73. The largest absolute Gasteiger partial charge is 0.481 e. The summed E-state index contributed by atoms with van der Waals surface area (Å²) in [5.41, 5.74) is -0.785. The van der Waals surface area contributed by atoms with Crippen molar-refractivity contribution in [3.8, 4) is 0 Å². The van der Waals surface area contributed by atoms with Gasteiger partial charge in [0.1, 0.15) is 0 Å². The lowest BCUT2D eigenvalue weighted by molar-refractivity contribution is -0.154.